The Labute approximate surface area is 123 Å². The van der Waals surface area contributed by atoms with Crippen molar-refractivity contribution in [3.05, 3.63) is 29.0 Å². The first-order chi connectivity index (χ1) is 9.00. The number of halogens is 2. The van der Waals surface area contributed by atoms with Gasteiger partial charge in [0.1, 0.15) is 5.82 Å². The molecular weight excluding hydrogens is 283 g/mol. The van der Waals surface area contributed by atoms with E-state index >= 15 is 0 Å². The van der Waals surface area contributed by atoms with Crippen molar-refractivity contribution in [2.45, 2.75) is 38.8 Å². The molecule has 0 N–H and O–H groups in total. The first kappa shape index (κ1) is 14.6. The van der Waals surface area contributed by atoms with Gasteiger partial charge in [0.2, 0.25) is 0 Å². The molecule has 0 aliphatic rings. The van der Waals surface area contributed by atoms with Gasteiger partial charge in [0.25, 0.3) is 0 Å². The smallest absolute Gasteiger partial charge is 0.127 e. The molecule has 0 fully saturated rings. The largest absolute Gasteiger partial charge is 0.377 e. The molecule has 5 heteroatoms. The van der Waals surface area contributed by atoms with Gasteiger partial charge in [-0.3, -0.25) is 0 Å². The zero-order valence-electron chi connectivity index (χ0n) is 11.4. The van der Waals surface area contributed by atoms with E-state index < -0.39 is 0 Å². The molecule has 0 spiro atoms. The average molecular weight is 301 g/mol. The zero-order chi connectivity index (χ0) is 14.0. The Balaban J connectivity index is 2.40. The van der Waals surface area contributed by atoms with Crippen LogP contribution in [0.4, 0.5) is 0 Å². The molecule has 19 heavy (non-hydrogen) atoms. The molecule has 104 valence electrons. The maximum atomic E-state index is 6.28. The number of rotatable bonds is 5. The third-order valence-electron chi connectivity index (χ3n) is 2.87. The Bertz CT molecular complexity index is 564. The number of fused-ring (bicyclic) bond motifs is 1. The molecule has 0 aliphatic heterocycles. The van der Waals surface area contributed by atoms with Gasteiger partial charge >= 0.3 is 0 Å². The highest BCUT2D eigenvalue weighted by atomic mass is 35.5. The fraction of sp³-hybridized carbons (Fsp3) is 0.500. The predicted molar refractivity (Wildman–Crippen MR) is 80.1 cm³/mol. The fourth-order valence-corrected chi connectivity index (χ4v) is 2.51. The monoisotopic (exact) mass is 300 g/mol. The lowest BCUT2D eigenvalue weighted by Crippen LogP contribution is -2.13. The van der Waals surface area contributed by atoms with Gasteiger partial charge in [0, 0.05) is 6.54 Å². The summed E-state index contributed by atoms with van der Waals surface area (Å²) in [5.74, 6) is 0.831. The van der Waals surface area contributed by atoms with Crippen LogP contribution in [-0.2, 0) is 11.3 Å². The molecule has 2 aromatic rings. The van der Waals surface area contributed by atoms with E-state index in [0.29, 0.717) is 18.2 Å². The number of alkyl halides is 1. The SMILES string of the molecule is CC(C)OCCn1c(C(C)Cl)nc2cccc(Cl)c21. The van der Waals surface area contributed by atoms with E-state index in [1.807, 2.05) is 39.0 Å². The summed E-state index contributed by atoms with van der Waals surface area (Å²) in [6, 6.07) is 5.72. The number of para-hydroxylation sites is 1. The van der Waals surface area contributed by atoms with Crippen molar-refractivity contribution in [1.29, 1.82) is 0 Å². The second kappa shape index (κ2) is 6.12. The number of imidazole rings is 1. The summed E-state index contributed by atoms with van der Waals surface area (Å²) in [5, 5.41) is 0.528. The van der Waals surface area contributed by atoms with Crippen molar-refractivity contribution < 1.29 is 4.74 Å². The predicted octanol–water partition coefficient (Wildman–Crippen LogP) is 4.41. The van der Waals surface area contributed by atoms with E-state index in [1.54, 1.807) is 0 Å². The van der Waals surface area contributed by atoms with E-state index in [1.165, 1.54) is 0 Å². The molecule has 1 heterocycles. The molecular formula is C14H18Cl2N2O. The first-order valence-corrected chi connectivity index (χ1v) is 7.22. The normalized spacial score (nSPS) is 13.4. The number of ether oxygens (including phenoxy) is 1. The van der Waals surface area contributed by atoms with Crippen LogP contribution < -0.4 is 0 Å². The van der Waals surface area contributed by atoms with Crippen molar-refractivity contribution >= 4 is 34.2 Å². The Morgan fingerprint density at radius 1 is 1.32 bits per heavy atom. The molecule has 1 atom stereocenters. The van der Waals surface area contributed by atoms with Crippen LogP contribution in [0.5, 0.6) is 0 Å². The first-order valence-electron chi connectivity index (χ1n) is 6.41. The molecule has 1 aromatic heterocycles. The number of aromatic nitrogens is 2. The van der Waals surface area contributed by atoms with Gasteiger partial charge in [-0.15, -0.1) is 11.6 Å². The summed E-state index contributed by atoms with van der Waals surface area (Å²) in [4.78, 5) is 4.56. The third kappa shape index (κ3) is 3.22. The van der Waals surface area contributed by atoms with Crippen molar-refractivity contribution in [1.82, 2.24) is 9.55 Å². The lowest BCUT2D eigenvalue weighted by atomic mass is 10.3. The van der Waals surface area contributed by atoms with Gasteiger partial charge < -0.3 is 9.30 Å². The van der Waals surface area contributed by atoms with Crippen LogP contribution in [-0.4, -0.2) is 22.3 Å². The van der Waals surface area contributed by atoms with E-state index in [0.717, 1.165) is 16.9 Å². The topological polar surface area (TPSA) is 27.1 Å². The molecule has 0 aliphatic carbocycles. The van der Waals surface area contributed by atoms with E-state index in [-0.39, 0.29) is 11.5 Å². The standard InChI is InChI=1S/C14H18Cl2N2O/c1-9(2)19-8-7-18-13-11(16)5-4-6-12(13)17-14(18)10(3)15/h4-6,9-10H,7-8H2,1-3H3. The highest BCUT2D eigenvalue weighted by Gasteiger charge is 2.16. The van der Waals surface area contributed by atoms with Crippen molar-refractivity contribution in [2.24, 2.45) is 0 Å². The van der Waals surface area contributed by atoms with Crippen LogP contribution in [0.3, 0.4) is 0 Å². The maximum absolute atomic E-state index is 6.28. The summed E-state index contributed by atoms with van der Waals surface area (Å²) in [7, 11) is 0. The molecule has 0 radical (unpaired) electrons. The minimum absolute atomic E-state index is 0.164. The second-order valence-corrected chi connectivity index (χ2v) is 5.83. The lowest BCUT2D eigenvalue weighted by Gasteiger charge is -2.13. The van der Waals surface area contributed by atoms with Crippen molar-refractivity contribution in [2.75, 3.05) is 6.61 Å². The molecule has 2 rings (SSSR count). The van der Waals surface area contributed by atoms with Crippen LogP contribution >= 0.6 is 23.2 Å². The Morgan fingerprint density at radius 3 is 2.68 bits per heavy atom. The Hall–Kier alpha value is -0.770. The highest BCUT2D eigenvalue weighted by Crippen LogP contribution is 2.29. The summed E-state index contributed by atoms with van der Waals surface area (Å²) < 4.78 is 7.66. The van der Waals surface area contributed by atoms with Crippen LogP contribution in [0.25, 0.3) is 11.0 Å². The van der Waals surface area contributed by atoms with Gasteiger partial charge in [-0.05, 0) is 32.9 Å². The molecule has 3 nitrogen and oxygen atoms in total. The number of hydrogen-bond donors (Lipinski definition) is 0. The van der Waals surface area contributed by atoms with Crippen molar-refractivity contribution in [3.8, 4) is 0 Å². The fourth-order valence-electron chi connectivity index (χ4n) is 2.07. The average Bonchev–Trinajstić information content (AvgIpc) is 2.69. The van der Waals surface area contributed by atoms with E-state index in [4.69, 9.17) is 27.9 Å². The Morgan fingerprint density at radius 2 is 2.05 bits per heavy atom. The summed E-state index contributed by atoms with van der Waals surface area (Å²) in [6.45, 7) is 7.26. The minimum Gasteiger partial charge on any atom is -0.377 e. The highest BCUT2D eigenvalue weighted by molar-refractivity contribution is 6.35. The third-order valence-corrected chi connectivity index (χ3v) is 3.37. The summed E-state index contributed by atoms with van der Waals surface area (Å²) in [5.41, 5.74) is 1.80. The zero-order valence-corrected chi connectivity index (χ0v) is 12.9. The number of nitrogens with zero attached hydrogens (tertiary/aromatic N) is 2. The molecule has 0 bridgehead atoms. The van der Waals surface area contributed by atoms with Crippen LogP contribution in [0.2, 0.25) is 5.02 Å². The molecule has 0 saturated heterocycles. The number of hydrogen-bond acceptors (Lipinski definition) is 2. The lowest BCUT2D eigenvalue weighted by molar-refractivity contribution is 0.0729. The number of benzene rings is 1. The van der Waals surface area contributed by atoms with Crippen LogP contribution in [0.15, 0.2) is 18.2 Å². The minimum atomic E-state index is -0.164. The Kier molecular flexibility index (Phi) is 4.71. The van der Waals surface area contributed by atoms with Crippen LogP contribution in [0.1, 0.15) is 32.0 Å². The van der Waals surface area contributed by atoms with Gasteiger partial charge in [-0.25, -0.2) is 4.98 Å². The van der Waals surface area contributed by atoms with E-state index in [2.05, 4.69) is 9.55 Å². The summed E-state index contributed by atoms with van der Waals surface area (Å²) >= 11 is 12.5. The van der Waals surface area contributed by atoms with Gasteiger partial charge in [0.05, 0.1) is 34.1 Å². The van der Waals surface area contributed by atoms with Gasteiger partial charge in [-0.1, -0.05) is 17.7 Å². The van der Waals surface area contributed by atoms with Crippen molar-refractivity contribution in [3.63, 3.8) is 0 Å². The molecule has 0 amide bonds. The second-order valence-electron chi connectivity index (χ2n) is 4.76. The van der Waals surface area contributed by atoms with Crippen LogP contribution in [0, 0.1) is 0 Å². The molecule has 1 aromatic carbocycles. The van der Waals surface area contributed by atoms with Gasteiger partial charge in [0.15, 0.2) is 0 Å². The molecule has 1 unspecified atom stereocenters. The summed E-state index contributed by atoms with van der Waals surface area (Å²) in [6.07, 6.45) is 0.210. The maximum Gasteiger partial charge on any atom is 0.127 e. The molecule has 0 saturated carbocycles. The van der Waals surface area contributed by atoms with Gasteiger partial charge in [-0.2, -0.15) is 0 Å². The van der Waals surface area contributed by atoms with E-state index in [9.17, 15) is 0 Å². The quantitative estimate of drug-likeness (QED) is 0.765.